The summed E-state index contributed by atoms with van der Waals surface area (Å²) in [7, 11) is 0. The van der Waals surface area contributed by atoms with E-state index in [1.807, 2.05) is 13.0 Å². The zero-order valence-electron chi connectivity index (χ0n) is 11.5. The summed E-state index contributed by atoms with van der Waals surface area (Å²) in [4.78, 5) is 0. The first-order valence-corrected chi connectivity index (χ1v) is 6.48. The minimum absolute atomic E-state index is 0.00214. The molecule has 18 heavy (non-hydrogen) atoms. The van der Waals surface area contributed by atoms with Gasteiger partial charge in [0.15, 0.2) is 0 Å². The molecule has 1 rings (SSSR count). The van der Waals surface area contributed by atoms with Crippen LogP contribution in [0.15, 0.2) is 18.2 Å². The molecule has 0 fully saturated rings. The molecule has 4 heteroatoms. The zero-order valence-corrected chi connectivity index (χ0v) is 12.2. The maximum absolute atomic E-state index is 9.78. The highest BCUT2D eigenvalue weighted by atomic mass is 35.5. The molecule has 0 radical (unpaired) electrons. The normalized spacial score (nSPS) is 13.4. The third-order valence-corrected chi connectivity index (χ3v) is 2.86. The molecule has 0 spiro atoms. The highest BCUT2D eigenvalue weighted by Crippen LogP contribution is 2.21. The lowest BCUT2D eigenvalue weighted by atomic mass is 10.1. The summed E-state index contributed by atoms with van der Waals surface area (Å²) in [5.41, 5.74) is 0.967. The summed E-state index contributed by atoms with van der Waals surface area (Å²) in [6.07, 6.45) is -0.528. The van der Waals surface area contributed by atoms with Gasteiger partial charge in [-0.25, -0.2) is 0 Å². The summed E-state index contributed by atoms with van der Waals surface area (Å²) in [6.45, 7) is 8.88. The highest BCUT2D eigenvalue weighted by Gasteiger charge is 2.12. The van der Waals surface area contributed by atoms with Gasteiger partial charge in [-0.1, -0.05) is 11.6 Å². The van der Waals surface area contributed by atoms with Crippen molar-refractivity contribution >= 4 is 11.6 Å². The van der Waals surface area contributed by atoms with Crippen LogP contribution in [0.2, 0.25) is 5.02 Å². The second-order valence-electron chi connectivity index (χ2n) is 5.51. The predicted octanol–water partition coefficient (Wildman–Crippen LogP) is 2.78. The first kappa shape index (κ1) is 15.3. The van der Waals surface area contributed by atoms with Gasteiger partial charge in [0.05, 0.1) is 0 Å². The molecule has 0 heterocycles. The van der Waals surface area contributed by atoms with Gasteiger partial charge in [-0.15, -0.1) is 0 Å². The van der Waals surface area contributed by atoms with Gasteiger partial charge in [-0.2, -0.15) is 0 Å². The van der Waals surface area contributed by atoms with Crippen molar-refractivity contribution in [2.24, 2.45) is 0 Å². The quantitative estimate of drug-likeness (QED) is 0.865. The number of β-amino-alcohol motifs (C(OH)–C–C–N with tert-alkyl or cyclic N) is 1. The Morgan fingerprint density at radius 1 is 1.39 bits per heavy atom. The molecular weight excluding hydrogens is 250 g/mol. The Morgan fingerprint density at radius 2 is 2.06 bits per heavy atom. The smallest absolute Gasteiger partial charge is 0.119 e. The maximum Gasteiger partial charge on any atom is 0.119 e. The van der Waals surface area contributed by atoms with Gasteiger partial charge in [0.1, 0.15) is 18.5 Å². The van der Waals surface area contributed by atoms with E-state index in [4.69, 9.17) is 16.3 Å². The van der Waals surface area contributed by atoms with Crippen molar-refractivity contribution in [1.29, 1.82) is 0 Å². The minimum Gasteiger partial charge on any atom is -0.491 e. The summed E-state index contributed by atoms with van der Waals surface area (Å²) in [5, 5.41) is 13.7. The lowest BCUT2D eigenvalue weighted by Crippen LogP contribution is -2.42. The van der Waals surface area contributed by atoms with E-state index in [0.29, 0.717) is 6.54 Å². The van der Waals surface area contributed by atoms with Crippen LogP contribution in [0.25, 0.3) is 0 Å². The Balaban J connectivity index is 2.38. The van der Waals surface area contributed by atoms with Gasteiger partial charge >= 0.3 is 0 Å². The van der Waals surface area contributed by atoms with E-state index in [-0.39, 0.29) is 12.1 Å². The third kappa shape index (κ3) is 5.71. The number of nitrogens with one attached hydrogen (secondary N) is 1. The number of hydrogen-bond donors (Lipinski definition) is 2. The van der Waals surface area contributed by atoms with Gasteiger partial charge in [0.25, 0.3) is 0 Å². The molecule has 0 aliphatic rings. The van der Waals surface area contributed by atoms with Crippen molar-refractivity contribution in [1.82, 2.24) is 5.32 Å². The van der Waals surface area contributed by atoms with Crippen LogP contribution in [0.1, 0.15) is 26.3 Å². The Labute approximate surface area is 114 Å². The molecule has 0 aliphatic heterocycles. The van der Waals surface area contributed by atoms with Crippen molar-refractivity contribution in [3.63, 3.8) is 0 Å². The van der Waals surface area contributed by atoms with Crippen molar-refractivity contribution in [2.45, 2.75) is 39.3 Å². The lowest BCUT2D eigenvalue weighted by Gasteiger charge is -2.23. The fourth-order valence-electron chi connectivity index (χ4n) is 1.38. The number of hydrogen-bond acceptors (Lipinski definition) is 3. The summed E-state index contributed by atoms with van der Waals surface area (Å²) < 4.78 is 5.52. The van der Waals surface area contributed by atoms with E-state index in [1.165, 1.54) is 0 Å². The van der Waals surface area contributed by atoms with E-state index in [9.17, 15) is 5.11 Å². The molecule has 0 aliphatic carbocycles. The Morgan fingerprint density at radius 3 is 2.61 bits per heavy atom. The first-order chi connectivity index (χ1) is 8.28. The molecule has 0 bridgehead atoms. The van der Waals surface area contributed by atoms with E-state index < -0.39 is 6.10 Å². The standard InChI is InChI=1S/C14H22ClNO2/c1-10-7-12(5-6-13(10)15)18-9-11(17)8-16-14(2,3)4/h5-7,11,16-17H,8-9H2,1-4H3/t11-/m1/s1. The predicted molar refractivity (Wildman–Crippen MR) is 75.4 cm³/mol. The minimum atomic E-state index is -0.528. The third-order valence-electron chi connectivity index (χ3n) is 2.44. The van der Waals surface area contributed by atoms with Crippen LogP contribution in [-0.4, -0.2) is 29.9 Å². The lowest BCUT2D eigenvalue weighted by molar-refractivity contribution is 0.100. The van der Waals surface area contributed by atoms with Crippen LogP contribution in [-0.2, 0) is 0 Å². The van der Waals surface area contributed by atoms with Gasteiger partial charge < -0.3 is 15.2 Å². The average Bonchev–Trinajstić information content (AvgIpc) is 2.27. The SMILES string of the molecule is Cc1cc(OC[C@H](O)CNC(C)(C)C)ccc1Cl. The highest BCUT2D eigenvalue weighted by molar-refractivity contribution is 6.31. The van der Waals surface area contributed by atoms with E-state index >= 15 is 0 Å². The van der Waals surface area contributed by atoms with E-state index in [1.54, 1.807) is 12.1 Å². The fraction of sp³-hybridized carbons (Fsp3) is 0.571. The number of aliphatic hydroxyl groups is 1. The molecule has 3 nitrogen and oxygen atoms in total. The molecule has 1 aromatic carbocycles. The van der Waals surface area contributed by atoms with Gasteiger partial charge in [0, 0.05) is 17.1 Å². The second kappa shape index (κ2) is 6.41. The van der Waals surface area contributed by atoms with Gasteiger partial charge in [0.2, 0.25) is 0 Å². The number of aliphatic hydroxyl groups excluding tert-OH is 1. The van der Waals surface area contributed by atoms with Crippen LogP contribution in [0.4, 0.5) is 0 Å². The van der Waals surface area contributed by atoms with E-state index in [2.05, 4.69) is 26.1 Å². The summed E-state index contributed by atoms with van der Waals surface area (Å²) >= 11 is 5.93. The molecular formula is C14H22ClNO2. The van der Waals surface area contributed by atoms with Crippen LogP contribution < -0.4 is 10.1 Å². The topological polar surface area (TPSA) is 41.5 Å². The van der Waals surface area contributed by atoms with Gasteiger partial charge in [-0.3, -0.25) is 0 Å². The van der Waals surface area contributed by atoms with Crippen molar-refractivity contribution < 1.29 is 9.84 Å². The number of aryl methyl sites for hydroxylation is 1. The largest absolute Gasteiger partial charge is 0.491 e. The number of halogens is 1. The fourth-order valence-corrected chi connectivity index (χ4v) is 1.50. The number of ether oxygens (including phenoxy) is 1. The monoisotopic (exact) mass is 271 g/mol. The van der Waals surface area contributed by atoms with Crippen LogP contribution in [0, 0.1) is 6.92 Å². The first-order valence-electron chi connectivity index (χ1n) is 6.10. The summed E-state index contributed by atoms with van der Waals surface area (Å²) in [5.74, 6) is 0.728. The molecule has 1 atom stereocenters. The maximum atomic E-state index is 9.78. The van der Waals surface area contributed by atoms with Crippen molar-refractivity contribution in [2.75, 3.05) is 13.2 Å². The Bertz CT molecular complexity index is 388. The molecule has 0 amide bonds. The molecule has 0 saturated carbocycles. The second-order valence-corrected chi connectivity index (χ2v) is 5.91. The molecule has 2 N–H and O–H groups in total. The molecule has 102 valence electrons. The zero-order chi connectivity index (χ0) is 13.8. The van der Waals surface area contributed by atoms with E-state index in [0.717, 1.165) is 16.3 Å². The van der Waals surface area contributed by atoms with Crippen LogP contribution >= 0.6 is 11.6 Å². The van der Waals surface area contributed by atoms with Crippen molar-refractivity contribution in [3.05, 3.63) is 28.8 Å². The van der Waals surface area contributed by atoms with Crippen LogP contribution in [0.5, 0.6) is 5.75 Å². The van der Waals surface area contributed by atoms with Gasteiger partial charge in [-0.05, 0) is 51.5 Å². The summed E-state index contributed by atoms with van der Waals surface area (Å²) in [6, 6.07) is 5.47. The number of rotatable bonds is 5. The van der Waals surface area contributed by atoms with Crippen molar-refractivity contribution in [3.8, 4) is 5.75 Å². The Kier molecular flexibility index (Phi) is 5.45. The van der Waals surface area contributed by atoms with Crippen LogP contribution in [0.3, 0.4) is 0 Å². The molecule has 0 unspecified atom stereocenters. The Hall–Kier alpha value is -0.770. The average molecular weight is 272 g/mol. The molecule has 0 aromatic heterocycles. The number of benzene rings is 1. The molecule has 0 saturated heterocycles. The molecule has 1 aromatic rings.